The first-order valence-electron chi connectivity index (χ1n) is 11.1. The second-order valence-electron chi connectivity index (χ2n) is 8.92. The molecular weight excluding hydrogens is 502 g/mol. The van der Waals surface area contributed by atoms with Crippen molar-refractivity contribution in [3.8, 4) is 5.88 Å². The zero-order valence-electron chi connectivity index (χ0n) is 18.9. The molecule has 2 aliphatic rings. The molecule has 0 radical (unpaired) electrons. The van der Waals surface area contributed by atoms with E-state index >= 15 is 0 Å². The molecular formula is C24H24BrN5O4. The van der Waals surface area contributed by atoms with Crippen LogP contribution in [0.4, 0.5) is 5.69 Å². The highest BCUT2D eigenvalue weighted by molar-refractivity contribution is 9.10. The zero-order chi connectivity index (χ0) is 23.4. The highest BCUT2D eigenvalue weighted by atomic mass is 79.9. The Morgan fingerprint density at radius 2 is 1.97 bits per heavy atom. The molecule has 1 aromatic carbocycles. The van der Waals surface area contributed by atoms with Crippen LogP contribution in [0.5, 0.6) is 5.88 Å². The summed E-state index contributed by atoms with van der Waals surface area (Å²) in [4.78, 5) is 13.2. The molecule has 34 heavy (non-hydrogen) atoms. The lowest BCUT2D eigenvalue weighted by Crippen LogP contribution is -2.34. The van der Waals surface area contributed by atoms with Crippen LogP contribution < -0.4 is 10.1 Å². The van der Waals surface area contributed by atoms with Gasteiger partial charge in [0, 0.05) is 34.5 Å². The first-order chi connectivity index (χ1) is 16.4. The van der Waals surface area contributed by atoms with Crippen molar-refractivity contribution in [1.29, 1.82) is 0 Å². The molecule has 0 aliphatic carbocycles. The number of hydrogen-bond donors (Lipinski definition) is 1. The number of halogens is 1. The third-order valence-corrected chi connectivity index (χ3v) is 6.66. The Morgan fingerprint density at radius 3 is 2.82 bits per heavy atom. The van der Waals surface area contributed by atoms with Crippen molar-refractivity contribution in [3.63, 3.8) is 0 Å². The molecule has 0 amide bonds. The predicted molar refractivity (Wildman–Crippen MR) is 130 cm³/mol. The molecule has 176 valence electrons. The first-order valence-corrected chi connectivity index (χ1v) is 11.9. The molecule has 2 fully saturated rings. The van der Waals surface area contributed by atoms with Crippen LogP contribution in [0, 0.1) is 0 Å². The molecule has 5 heterocycles. The second kappa shape index (κ2) is 8.16. The summed E-state index contributed by atoms with van der Waals surface area (Å²) in [5.41, 5.74) is 2.61. The highest BCUT2D eigenvalue weighted by Gasteiger charge is 2.55. The van der Waals surface area contributed by atoms with Gasteiger partial charge >= 0.3 is 0 Å². The summed E-state index contributed by atoms with van der Waals surface area (Å²) in [6.45, 7) is 4.41. The van der Waals surface area contributed by atoms with Crippen molar-refractivity contribution in [2.75, 3.05) is 19.0 Å². The Labute approximate surface area is 204 Å². The molecule has 4 aromatic rings. The monoisotopic (exact) mass is 525 g/mol. The van der Waals surface area contributed by atoms with Gasteiger partial charge < -0.3 is 28.8 Å². The lowest BCUT2D eigenvalue weighted by molar-refractivity contribution is -0.194. The van der Waals surface area contributed by atoms with Crippen molar-refractivity contribution in [2.45, 2.75) is 44.2 Å². The molecule has 4 atom stereocenters. The van der Waals surface area contributed by atoms with E-state index < -0.39 is 12.0 Å². The minimum Gasteiger partial charge on any atom is -0.480 e. The van der Waals surface area contributed by atoms with Gasteiger partial charge in [-0.2, -0.15) is 0 Å². The molecule has 0 saturated carbocycles. The Bertz CT molecular complexity index is 1380. The van der Waals surface area contributed by atoms with Crippen LogP contribution in [-0.4, -0.2) is 57.3 Å². The number of methoxy groups -OCH3 is 1. The number of aromatic nitrogens is 4. The van der Waals surface area contributed by atoms with Gasteiger partial charge in [-0.25, -0.2) is 9.97 Å². The van der Waals surface area contributed by atoms with Crippen LogP contribution in [0.25, 0.3) is 21.9 Å². The van der Waals surface area contributed by atoms with Crippen LogP contribution in [-0.2, 0) is 14.2 Å². The molecule has 9 nitrogen and oxygen atoms in total. The minimum atomic E-state index is -0.703. The predicted octanol–water partition coefficient (Wildman–Crippen LogP) is 4.28. The molecule has 0 bridgehead atoms. The number of nitrogens with zero attached hydrogens (tertiary/aromatic N) is 4. The molecule has 2 saturated heterocycles. The fourth-order valence-corrected chi connectivity index (χ4v) is 5.14. The Kier molecular flexibility index (Phi) is 5.21. The topological polar surface area (TPSA) is 92.6 Å². The van der Waals surface area contributed by atoms with E-state index in [-0.39, 0.29) is 18.3 Å². The van der Waals surface area contributed by atoms with Gasteiger partial charge in [0.05, 0.1) is 18.0 Å². The van der Waals surface area contributed by atoms with Crippen molar-refractivity contribution in [3.05, 3.63) is 53.5 Å². The number of ether oxygens (including phenoxy) is 4. The lowest BCUT2D eigenvalue weighted by Gasteiger charge is -2.25. The smallest absolute Gasteiger partial charge is 0.225 e. The average Bonchev–Trinajstić information content (AvgIpc) is 3.48. The van der Waals surface area contributed by atoms with E-state index in [1.807, 2.05) is 54.9 Å². The third kappa shape index (κ3) is 3.70. The Balaban J connectivity index is 1.27. The van der Waals surface area contributed by atoms with Crippen molar-refractivity contribution in [1.82, 2.24) is 19.5 Å². The number of anilines is 1. The van der Waals surface area contributed by atoms with Gasteiger partial charge in [0.2, 0.25) is 5.88 Å². The maximum Gasteiger partial charge on any atom is 0.225 e. The molecule has 10 heteroatoms. The fraction of sp³-hybridized carbons (Fsp3) is 0.375. The van der Waals surface area contributed by atoms with E-state index in [4.69, 9.17) is 18.9 Å². The quantitative estimate of drug-likeness (QED) is 0.412. The van der Waals surface area contributed by atoms with Crippen LogP contribution in [0.15, 0.2) is 53.5 Å². The van der Waals surface area contributed by atoms with E-state index in [0.29, 0.717) is 12.4 Å². The molecule has 1 N–H and O–H groups in total. The molecule has 6 rings (SSSR count). The van der Waals surface area contributed by atoms with Gasteiger partial charge in [-0.3, -0.25) is 4.98 Å². The molecule has 1 unspecified atom stereocenters. The second-order valence-corrected chi connectivity index (χ2v) is 9.83. The summed E-state index contributed by atoms with van der Waals surface area (Å²) in [6.07, 6.45) is 4.08. The number of pyridine rings is 1. The van der Waals surface area contributed by atoms with E-state index in [9.17, 15) is 0 Å². The maximum absolute atomic E-state index is 6.50. The van der Waals surface area contributed by atoms with E-state index in [2.05, 4.69) is 36.2 Å². The normalized spacial score (nSPS) is 25.6. The summed E-state index contributed by atoms with van der Waals surface area (Å²) < 4.78 is 27.4. The maximum atomic E-state index is 6.50. The van der Waals surface area contributed by atoms with Crippen molar-refractivity contribution >= 4 is 43.6 Å². The van der Waals surface area contributed by atoms with E-state index in [1.165, 1.54) is 6.33 Å². The lowest BCUT2D eigenvalue weighted by atomic mass is 10.1. The summed E-state index contributed by atoms with van der Waals surface area (Å²) in [7, 11) is 1.60. The van der Waals surface area contributed by atoms with Crippen LogP contribution in [0.2, 0.25) is 0 Å². The molecule has 2 aliphatic heterocycles. The zero-order valence-corrected chi connectivity index (χ0v) is 20.5. The van der Waals surface area contributed by atoms with Crippen molar-refractivity contribution < 1.29 is 18.9 Å². The fourth-order valence-electron chi connectivity index (χ4n) is 4.79. The molecule has 0 spiro atoms. The average molecular weight is 526 g/mol. The van der Waals surface area contributed by atoms with Gasteiger partial charge in [0.25, 0.3) is 0 Å². The van der Waals surface area contributed by atoms with Crippen LogP contribution in [0.3, 0.4) is 0 Å². The Morgan fingerprint density at radius 1 is 1.12 bits per heavy atom. The summed E-state index contributed by atoms with van der Waals surface area (Å²) >= 11 is 3.47. The van der Waals surface area contributed by atoms with Gasteiger partial charge in [0.1, 0.15) is 30.3 Å². The minimum absolute atomic E-state index is 0.230. The van der Waals surface area contributed by atoms with Crippen LogP contribution in [0.1, 0.15) is 20.1 Å². The molecule has 3 aromatic heterocycles. The summed E-state index contributed by atoms with van der Waals surface area (Å²) in [5, 5.41) is 5.38. The van der Waals surface area contributed by atoms with Crippen LogP contribution >= 0.6 is 15.9 Å². The van der Waals surface area contributed by atoms with Gasteiger partial charge in [-0.15, -0.1) is 0 Å². The largest absolute Gasteiger partial charge is 0.480 e. The highest BCUT2D eigenvalue weighted by Crippen LogP contribution is 2.44. The third-order valence-electron chi connectivity index (χ3n) is 6.22. The number of nitrogens with one attached hydrogen (secondary N) is 1. The van der Waals surface area contributed by atoms with E-state index in [1.54, 1.807) is 13.3 Å². The van der Waals surface area contributed by atoms with Gasteiger partial charge in [-0.05, 0) is 54.0 Å². The number of rotatable bonds is 5. The number of hydrogen-bond acceptors (Lipinski definition) is 8. The Hall–Kier alpha value is -2.79. The number of benzene rings is 1. The summed E-state index contributed by atoms with van der Waals surface area (Å²) in [6, 6.07) is 10.1. The van der Waals surface area contributed by atoms with Crippen molar-refractivity contribution in [2.24, 2.45) is 0 Å². The number of fused-ring (bicyclic) bond motifs is 3. The standard InChI is InChI=1S/C24H24BrN5O4/c1-24(2)33-19-18(11-26-15-5-4-13-8-14(25)10-27-17(13)9-15)32-23(20(19)34-24)30-7-6-16-21(30)28-12-29-22(16)31-3/h4-10,12,18-20,23,26H,11H2,1-3H3/t18-,19?,20-,23-/m1/s1. The SMILES string of the molecule is COc1ncnc2c1ccn2[C@@H]1O[C@H](CNc2ccc3cc(Br)cnc3c2)C2OC(C)(C)O[C@H]21. The first kappa shape index (κ1) is 21.7. The van der Waals surface area contributed by atoms with E-state index in [0.717, 1.165) is 32.1 Å². The van der Waals surface area contributed by atoms with Gasteiger partial charge in [0.15, 0.2) is 12.0 Å². The summed E-state index contributed by atoms with van der Waals surface area (Å²) in [5.74, 6) is -0.178. The van der Waals surface area contributed by atoms with Gasteiger partial charge in [-0.1, -0.05) is 6.07 Å².